The van der Waals surface area contributed by atoms with Gasteiger partial charge in [-0.3, -0.25) is 25.5 Å². The molecule has 0 bridgehead atoms. The standard InChI is InChI=1S/C9H10N3O3P/c10-16(11,14)12-9(13)8-5-6-3-1-2-4-7(6)15-8/h1-5H,(H5,10,11,12,13,14). The Bertz CT molecular complexity index is 553. The molecule has 1 heterocycles. The van der Waals surface area contributed by atoms with Gasteiger partial charge in [-0.15, -0.1) is 0 Å². The number of carbonyl (C=O) groups excluding carboxylic acids is 1. The Hall–Kier alpha value is -1.62. The average molecular weight is 239 g/mol. The zero-order valence-electron chi connectivity index (χ0n) is 8.21. The Morgan fingerprint density at radius 2 is 2.00 bits per heavy atom. The fourth-order valence-corrected chi connectivity index (χ4v) is 1.74. The van der Waals surface area contributed by atoms with Crippen LogP contribution in [0.4, 0.5) is 0 Å². The highest BCUT2D eigenvalue weighted by Crippen LogP contribution is 2.22. The van der Waals surface area contributed by atoms with Gasteiger partial charge in [-0.1, -0.05) is 18.2 Å². The van der Waals surface area contributed by atoms with Crippen molar-refractivity contribution in [1.82, 2.24) is 5.09 Å². The van der Waals surface area contributed by atoms with Crippen LogP contribution in [-0.2, 0) is 4.57 Å². The topological polar surface area (TPSA) is 111 Å². The molecule has 7 heteroatoms. The van der Waals surface area contributed by atoms with Gasteiger partial charge in [0.05, 0.1) is 0 Å². The van der Waals surface area contributed by atoms with E-state index in [9.17, 15) is 9.36 Å². The molecule has 0 unspecified atom stereocenters. The average Bonchev–Trinajstić information content (AvgIpc) is 2.58. The number of furan rings is 1. The summed E-state index contributed by atoms with van der Waals surface area (Å²) in [6.07, 6.45) is 0. The quantitative estimate of drug-likeness (QED) is 0.681. The van der Waals surface area contributed by atoms with Crippen molar-refractivity contribution in [2.75, 3.05) is 0 Å². The number of nitrogens with one attached hydrogen (secondary N) is 1. The van der Waals surface area contributed by atoms with Crippen molar-refractivity contribution >= 4 is 24.5 Å². The summed E-state index contributed by atoms with van der Waals surface area (Å²) in [5, 5.41) is 2.75. The van der Waals surface area contributed by atoms with E-state index in [1.807, 2.05) is 11.2 Å². The normalized spacial score (nSPS) is 11.6. The van der Waals surface area contributed by atoms with Gasteiger partial charge in [0.2, 0.25) is 0 Å². The van der Waals surface area contributed by atoms with Crippen molar-refractivity contribution in [3.63, 3.8) is 0 Å². The van der Waals surface area contributed by atoms with Crippen LogP contribution < -0.4 is 16.1 Å². The Labute approximate surface area is 91.1 Å². The van der Waals surface area contributed by atoms with Gasteiger partial charge in [-0.2, -0.15) is 0 Å². The number of para-hydroxylation sites is 1. The van der Waals surface area contributed by atoms with Crippen LogP contribution in [0.15, 0.2) is 34.7 Å². The number of fused-ring (bicyclic) bond motifs is 1. The predicted molar refractivity (Wildman–Crippen MR) is 59.7 cm³/mol. The first kappa shape index (κ1) is 10.9. The SMILES string of the molecule is NP(N)(=O)NC(=O)c1cc2ccccc2o1. The van der Waals surface area contributed by atoms with Gasteiger partial charge in [0.1, 0.15) is 5.58 Å². The van der Waals surface area contributed by atoms with E-state index in [2.05, 4.69) is 0 Å². The van der Waals surface area contributed by atoms with Crippen LogP contribution in [-0.4, -0.2) is 5.91 Å². The van der Waals surface area contributed by atoms with Crippen molar-refractivity contribution in [2.24, 2.45) is 11.0 Å². The van der Waals surface area contributed by atoms with E-state index in [-0.39, 0.29) is 5.76 Å². The van der Waals surface area contributed by atoms with Crippen molar-refractivity contribution in [3.8, 4) is 0 Å². The molecule has 0 radical (unpaired) electrons. The largest absolute Gasteiger partial charge is 0.451 e. The van der Waals surface area contributed by atoms with Gasteiger partial charge in [0.25, 0.3) is 5.91 Å². The number of rotatable bonds is 2. The number of benzene rings is 1. The number of nitrogens with two attached hydrogens (primary N) is 2. The van der Waals surface area contributed by atoms with Gasteiger partial charge in [0, 0.05) is 5.39 Å². The molecular weight excluding hydrogens is 229 g/mol. The minimum absolute atomic E-state index is 0.0253. The van der Waals surface area contributed by atoms with Crippen LogP contribution in [0.3, 0.4) is 0 Å². The van der Waals surface area contributed by atoms with Crippen molar-refractivity contribution in [3.05, 3.63) is 36.1 Å². The van der Waals surface area contributed by atoms with Crippen molar-refractivity contribution in [2.45, 2.75) is 0 Å². The molecule has 0 spiro atoms. The molecule has 1 amide bonds. The summed E-state index contributed by atoms with van der Waals surface area (Å²) in [6, 6.07) is 8.64. The predicted octanol–water partition coefficient (Wildman–Crippen LogP) is 1.19. The first-order chi connectivity index (χ1) is 7.46. The summed E-state index contributed by atoms with van der Waals surface area (Å²) in [5.74, 6) is -0.665. The molecule has 6 nitrogen and oxygen atoms in total. The van der Waals surface area contributed by atoms with E-state index >= 15 is 0 Å². The molecule has 0 saturated carbocycles. The Morgan fingerprint density at radius 3 is 2.62 bits per heavy atom. The van der Waals surface area contributed by atoms with Crippen LogP contribution in [0.25, 0.3) is 11.0 Å². The second-order valence-electron chi connectivity index (χ2n) is 3.30. The molecule has 0 aliphatic rings. The van der Waals surface area contributed by atoms with Gasteiger partial charge < -0.3 is 4.42 Å². The summed E-state index contributed by atoms with van der Waals surface area (Å²) in [7, 11) is -3.59. The first-order valence-electron chi connectivity index (χ1n) is 4.44. The molecule has 1 aromatic carbocycles. The first-order valence-corrected chi connectivity index (χ1v) is 6.28. The highest BCUT2D eigenvalue weighted by molar-refractivity contribution is 7.57. The van der Waals surface area contributed by atoms with Gasteiger partial charge in [0.15, 0.2) is 5.76 Å². The van der Waals surface area contributed by atoms with E-state index in [0.29, 0.717) is 5.58 Å². The zero-order chi connectivity index (χ0) is 11.8. The third kappa shape index (κ3) is 2.30. The number of carbonyl (C=O) groups is 1. The van der Waals surface area contributed by atoms with Crippen LogP contribution in [0.1, 0.15) is 10.6 Å². The molecular formula is C9H10N3O3P. The summed E-state index contributed by atoms with van der Waals surface area (Å²) in [6.45, 7) is 0. The molecule has 0 atom stereocenters. The Balaban J connectivity index is 2.34. The maximum absolute atomic E-state index is 11.5. The lowest BCUT2D eigenvalue weighted by Crippen LogP contribution is -2.28. The maximum Gasteiger partial charge on any atom is 0.300 e. The molecule has 84 valence electrons. The number of hydrogen-bond acceptors (Lipinski definition) is 3. The third-order valence-corrected chi connectivity index (χ3v) is 2.48. The minimum Gasteiger partial charge on any atom is -0.451 e. The fraction of sp³-hybridized carbons (Fsp3) is 0. The molecule has 2 aromatic rings. The molecule has 0 aliphatic carbocycles. The maximum atomic E-state index is 11.5. The van der Waals surface area contributed by atoms with Gasteiger partial charge in [-0.25, -0.2) is 0 Å². The van der Waals surface area contributed by atoms with E-state index in [1.54, 1.807) is 18.2 Å². The molecule has 0 saturated heterocycles. The smallest absolute Gasteiger partial charge is 0.300 e. The van der Waals surface area contributed by atoms with Crippen LogP contribution in [0.2, 0.25) is 0 Å². The fourth-order valence-electron chi connectivity index (χ4n) is 1.31. The molecule has 2 rings (SSSR count). The van der Waals surface area contributed by atoms with Crippen LogP contribution in [0.5, 0.6) is 0 Å². The summed E-state index contributed by atoms with van der Waals surface area (Å²) in [5.41, 5.74) is 10.6. The van der Waals surface area contributed by atoms with E-state index in [1.165, 1.54) is 6.07 Å². The molecule has 5 N–H and O–H groups in total. The number of hydrogen-bond donors (Lipinski definition) is 3. The van der Waals surface area contributed by atoms with E-state index < -0.39 is 13.5 Å². The lowest BCUT2D eigenvalue weighted by molar-refractivity contribution is 0.0955. The third-order valence-electron chi connectivity index (χ3n) is 1.93. The second kappa shape index (κ2) is 3.75. The lowest BCUT2D eigenvalue weighted by atomic mass is 10.2. The summed E-state index contributed by atoms with van der Waals surface area (Å²) in [4.78, 5) is 11.5. The second-order valence-corrected chi connectivity index (χ2v) is 4.94. The van der Waals surface area contributed by atoms with Crippen molar-refractivity contribution in [1.29, 1.82) is 0 Å². The minimum atomic E-state index is -3.59. The highest BCUT2D eigenvalue weighted by atomic mass is 31.2. The van der Waals surface area contributed by atoms with Crippen LogP contribution >= 0.6 is 7.59 Å². The molecule has 0 fully saturated rings. The molecule has 0 aliphatic heterocycles. The van der Waals surface area contributed by atoms with Gasteiger partial charge in [-0.05, 0) is 12.1 Å². The van der Waals surface area contributed by atoms with Crippen molar-refractivity contribution < 1.29 is 13.8 Å². The summed E-state index contributed by atoms with van der Waals surface area (Å²) < 4.78 is 16.2. The molecule has 16 heavy (non-hydrogen) atoms. The Kier molecular flexibility index (Phi) is 2.55. The monoisotopic (exact) mass is 239 g/mol. The molecule has 1 aromatic heterocycles. The lowest BCUT2D eigenvalue weighted by Gasteiger charge is -2.05. The van der Waals surface area contributed by atoms with E-state index in [4.69, 9.17) is 15.4 Å². The zero-order valence-corrected chi connectivity index (χ0v) is 9.11. The highest BCUT2D eigenvalue weighted by Gasteiger charge is 2.18. The Morgan fingerprint density at radius 1 is 1.31 bits per heavy atom. The van der Waals surface area contributed by atoms with E-state index in [0.717, 1.165) is 5.39 Å². The number of amides is 1. The van der Waals surface area contributed by atoms with Crippen LogP contribution in [0, 0.1) is 0 Å². The van der Waals surface area contributed by atoms with Gasteiger partial charge >= 0.3 is 7.59 Å². The summed E-state index contributed by atoms with van der Waals surface area (Å²) >= 11 is 0.